The molecule has 8 aromatic carbocycles. The second-order valence-electron chi connectivity index (χ2n) is 21.1. The van der Waals surface area contributed by atoms with Gasteiger partial charge in [-0.3, -0.25) is 0 Å². The Kier molecular flexibility index (Phi) is 13.9. The van der Waals surface area contributed by atoms with E-state index in [1.165, 1.54) is 0 Å². The molecule has 2 heterocycles. The number of benzene rings is 8. The number of aryl methyl sites for hydroxylation is 2. The lowest BCUT2D eigenvalue weighted by Gasteiger charge is -2.26. The van der Waals surface area contributed by atoms with Gasteiger partial charge in [0.15, 0.2) is 0 Å². The first kappa shape index (κ1) is 50.6. The first-order valence-corrected chi connectivity index (χ1v) is 24.2. The van der Waals surface area contributed by atoms with Gasteiger partial charge in [0.05, 0.1) is 45.6 Å². The minimum Gasteiger partial charge on any atom is -0.505 e. The molecule has 0 spiro atoms. The molecule has 2 atom stereocenters. The Labute approximate surface area is 432 Å². The van der Waals surface area contributed by atoms with E-state index in [9.17, 15) is 10.2 Å². The molecule has 0 radical (unpaired) electrons. The average Bonchev–Trinajstić information content (AvgIpc) is 3.83. The molecule has 0 fully saturated rings. The van der Waals surface area contributed by atoms with Gasteiger partial charge in [-0.2, -0.15) is 27.0 Å². The number of rotatable bonds is 10. The number of phenolic OH excluding ortho intramolecular Hbond substituents is 2. The fourth-order valence-corrected chi connectivity index (χ4v) is 10.3. The second-order valence-corrected chi connectivity index (χ2v) is 21.1. The van der Waals surface area contributed by atoms with Crippen LogP contribution >= 0.6 is 27.0 Å². The molecule has 6 nitrogen and oxygen atoms in total. The summed E-state index contributed by atoms with van der Waals surface area (Å²) < 4.78 is 18.2. The van der Waals surface area contributed by atoms with Crippen molar-refractivity contribution in [1.82, 2.24) is 9.13 Å². The van der Waals surface area contributed by atoms with Crippen molar-refractivity contribution in [1.29, 1.82) is 0 Å². The number of para-hydroxylation sites is 4. The zero-order valence-corrected chi connectivity index (χ0v) is 44.5. The van der Waals surface area contributed by atoms with Crippen LogP contribution in [0.4, 0.5) is 0 Å². The molecule has 1 unspecified atom stereocenters. The van der Waals surface area contributed by atoms with Crippen molar-refractivity contribution in [2.45, 2.75) is 98.7 Å². The quantitative estimate of drug-likeness (QED) is 0.143. The molecule has 2 aromatic heterocycles. The highest BCUT2D eigenvalue weighted by molar-refractivity contribution is 7.59. The van der Waals surface area contributed by atoms with E-state index < -0.39 is 0 Å². The molecule has 0 bridgehead atoms. The molecule has 0 aliphatic heterocycles. The van der Waals surface area contributed by atoms with Crippen LogP contribution < -0.4 is 9.47 Å². The van der Waals surface area contributed by atoms with Crippen LogP contribution in [0.1, 0.15) is 84.1 Å². The highest BCUT2D eigenvalue weighted by Crippen LogP contribution is 2.47. The number of phenols is 2. The molecule has 8 heteroatoms. The first-order chi connectivity index (χ1) is 33.0. The van der Waals surface area contributed by atoms with Gasteiger partial charge in [0.1, 0.15) is 23.0 Å². The maximum atomic E-state index is 12.5. The van der Waals surface area contributed by atoms with Crippen molar-refractivity contribution in [3.63, 3.8) is 0 Å². The van der Waals surface area contributed by atoms with E-state index in [-0.39, 0.29) is 61.5 Å². The fourth-order valence-electron chi connectivity index (χ4n) is 10.3. The Morgan fingerprint density at radius 1 is 0.423 bits per heavy atom. The fraction of sp³-hybridized carbons (Fsp3) is 0.238. The van der Waals surface area contributed by atoms with Crippen molar-refractivity contribution >= 4 is 70.6 Å². The molecular formula is C63H66N2O4S2. The summed E-state index contributed by atoms with van der Waals surface area (Å²) in [5.74, 6) is 1.77. The van der Waals surface area contributed by atoms with Gasteiger partial charge in [0.25, 0.3) is 0 Å². The van der Waals surface area contributed by atoms with Gasteiger partial charge >= 0.3 is 0 Å². The second kappa shape index (κ2) is 19.5. The van der Waals surface area contributed by atoms with Crippen LogP contribution in [0.25, 0.3) is 77.2 Å². The number of ether oxygens (including phenoxy) is 2. The van der Waals surface area contributed by atoms with Gasteiger partial charge < -0.3 is 28.8 Å². The molecule has 10 aromatic rings. The molecule has 0 saturated heterocycles. The minimum absolute atomic E-state index is 0. The molecule has 364 valence electrons. The van der Waals surface area contributed by atoms with Crippen molar-refractivity contribution < 1.29 is 19.7 Å². The van der Waals surface area contributed by atoms with Gasteiger partial charge in [0, 0.05) is 50.2 Å². The summed E-state index contributed by atoms with van der Waals surface area (Å²) in [5, 5.41) is 29.5. The highest BCUT2D eigenvalue weighted by atomic mass is 32.1. The maximum absolute atomic E-state index is 12.5. The van der Waals surface area contributed by atoms with Crippen LogP contribution in [0.3, 0.4) is 0 Å². The SMILES string of the molecule is Cc1cc(-c2cc(C(C)(C)C)ccc2OC(C)C[C@H](C)Oc2ccc(C(C)(C)C)cc2-c2cc(C)cc(-n3c4ccccc4c4ccccc43)c2O)c(O)c(-n2c3ccccc3c3ccccc32)c1.S.S. The number of nitrogens with zero attached hydrogens (tertiary/aromatic N) is 2. The summed E-state index contributed by atoms with van der Waals surface area (Å²) in [6.07, 6.45) is 0.0313. The van der Waals surface area contributed by atoms with Crippen LogP contribution in [0, 0.1) is 13.8 Å². The predicted molar refractivity (Wildman–Crippen MR) is 308 cm³/mol. The van der Waals surface area contributed by atoms with E-state index in [2.05, 4.69) is 212 Å². The van der Waals surface area contributed by atoms with Gasteiger partial charge in [-0.15, -0.1) is 0 Å². The number of aromatic hydroxyl groups is 2. The molecule has 2 N–H and O–H groups in total. The van der Waals surface area contributed by atoms with Crippen LogP contribution in [0.2, 0.25) is 0 Å². The van der Waals surface area contributed by atoms with E-state index in [4.69, 9.17) is 9.47 Å². The summed E-state index contributed by atoms with van der Waals surface area (Å²) in [4.78, 5) is 0. The standard InChI is InChI=1S/C63H62N2O4.2H2S/c1-38-31-50(60(66)56(33-38)64-52-23-15-11-19-44(52)45-20-12-16-24-53(45)64)48-36-42(62(5,6)7)27-29-58(48)68-40(3)35-41(4)69-59-30-28-43(63(8,9)10)37-49(59)51-32-39(2)34-57(61(51)67)65-54-25-17-13-21-46(54)47-22-14-18-26-55(47)65;;/h11-34,36-37,40-41,66-67H,35H2,1-10H3;2*1H2/t40-,41?;;/m0../s1. The molecule has 10 rings (SSSR count). The van der Waals surface area contributed by atoms with Crippen LogP contribution in [-0.4, -0.2) is 31.6 Å². The number of aromatic nitrogens is 2. The summed E-state index contributed by atoms with van der Waals surface area (Å²) in [6.45, 7) is 21.6. The van der Waals surface area contributed by atoms with Crippen LogP contribution in [-0.2, 0) is 10.8 Å². The smallest absolute Gasteiger partial charge is 0.147 e. The first-order valence-electron chi connectivity index (χ1n) is 24.2. The summed E-state index contributed by atoms with van der Waals surface area (Å²) in [5.41, 5.74) is 12.7. The topological polar surface area (TPSA) is 68.8 Å². The van der Waals surface area contributed by atoms with E-state index >= 15 is 0 Å². The lowest BCUT2D eigenvalue weighted by molar-refractivity contribution is 0.131. The normalized spacial score (nSPS) is 12.8. The molecule has 71 heavy (non-hydrogen) atoms. The Morgan fingerprint density at radius 2 is 0.732 bits per heavy atom. The molecule has 0 amide bonds. The summed E-state index contributed by atoms with van der Waals surface area (Å²) in [6, 6.07) is 54.5. The number of fused-ring (bicyclic) bond motifs is 6. The third kappa shape index (κ3) is 9.36. The molecular weight excluding hydrogens is 913 g/mol. The van der Waals surface area contributed by atoms with E-state index in [0.29, 0.717) is 29.0 Å². The number of hydrogen-bond donors (Lipinski definition) is 2. The number of hydrogen-bond acceptors (Lipinski definition) is 4. The Hall–Kier alpha value is -6.74. The van der Waals surface area contributed by atoms with Gasteiger partial charge in [0.2, 0.25) is 0 Å². The largest absolute Gasteiger partial charge is 0.505 e. The van der Waals surface area contributed by atoms with E-state index in [1.54, 1.807) is 0 Å². The molecule has 0 aliphatic rings. The Morgan fingerprint density at radius 3 is 1.04 bits per heavy atom. The Balaban J connectivity index is 0.00000338. The third-order valence-electron chi connectivity index (χ3n) is 13.7. The zero-order chi connectivity index (χ0) is 48.5. The lowest BCUT2D eigenvalue weighted by Crippen LogP contribution is -2.23. The minimum atomic E-state index is -0.269. The van der Waals surface area contributed by atoms with Crippen molar-refractivity contribution in [2.75, 3.05) is 0 Å². The monoisotopic (exact) mass is 978 g/mol. The molecule has 0 saturated carbocycles. The van der Waals surface area contributed by atoms with Gasteiger partial charge in [-0.25, -0.2) is 0 Å². The van der Waals surface area contributed by atoms with Crippen molar-refractivity contribution in [3.8, 4) is 56.6 Å². The predicted octanol–water partition coefficient (Wildman–Crippen LogP) is 16.7. The van der Waals surface area contributed by atoms with Gasteiger partial charge in [-0.1, -0.05) is 126 Å². The zero-order valence-electron chi connectivity index (χ0n) is 42.5. The molecule has 0 aliphatic carbocycles. The van der Waals surface area contributed by atoms with Crippen molar-refractivity contribution in [3.05, 3.63) is 180 Å². The average molecular weight is 979 g/mol. The highest BCUT2D eigenvalue weighted by Gasteiger charge is 2.26. The maximum Gasteiger partial charge on any atom is 0.147 e. The lowest BCUT2D eigenvalue weighted by atomic mass is 9.85. The Bertz CT molecular complexity index is 3270. The van der Waals surface area contributed by atoms with Crippen LogP contribution in [0.5, 0.6) is 23.0 Å². The van der Waals surface area contributed by atoms with Gasteiger partial charge in [-0.05, 0) is 134 Å². The van der Waals surface area contributed by atoms with Crippen molar-refractivity contribution in [2.24, 2.45) is 0 Å². The summed E-state index contributed by atoms with van der Waals surface area (Å²) >= 11 is 0. The third-order valence-corrected chi connectivity index (χ3v) is 13.7. The van der Waals surface area contributed by atoms with E-state index in [0.717, 1.165) is 88.4 Å². The van der Waals surface area contributed by atoms with E-state index in [1.807, 2.05) is 24.3 Å². The summed E-state index contributed by atoms with van der Waals surface area (Å²) in [7, 11) is 0. The van der Waals surface area contributed by atoms with Crippen LogP contribution in [0.15, 0.2) is 158 Å².